The maximum absolute atomic E-state index is 13.5. The van der Waals surface area contributed by atoms with E-state index >= 15 is 0 Å². The number of benzene rings is 4. The smallest absolute Gasteiger partial charge is 0.255 e. The number of hydrogen-bond acceptors (Lipinski definition) is 6. The molecule has 4 N–H and O–H groups in total. The summed E-state index contributed by atoms with van der Waals surface area (Å²) in [5.74, 6) is 0.596. The van der Waals surface area contributed by atoms with E-state index in [0.717, 1.165) is 16.0 Å². The zero-order valence-corrected chi connectivity index (χ0v) is 23.4. The lowest BCUT2D eigenvalue weighted by Crippen LogP contribution is -2.24. The lowest BCUT2D eigenvalue weighted by Gasteiger charge is -2.13. The molecule has 40 heavy (non-hydrogen) atoms. The van der Waals surface area contributed by atoms with Gasteiger partial charge in [0, 0.05) is 22.6 Å². The van der Waals surface area contributed by atoms with Crippen molar-refractivity contribution in [2.24, 2.45) is 0 Å². The molecule has 7 nitrogen and oxygen atoms in total. The summed E-state index contributed by atoms with van der Waals surface area (Å²) in [4.78, 5) is 27.3. The van der Waals surface area contributed by atoms with Crippen LogP contribution >= 0.6 is 11.8 Å². The number of nitrogen functional groups attached to an aromatic ring is 1. The summed E-state index contributed by atoms with van der Waals surface area (Å²) in [6.45, 7) is 0.280. The van der Waals surface area contributed by atoms with Gasteiger partial charge in [-0.15, -0.1) is 11.8 Å². The van der Waals surface area contributed by atoms with Crippen LogP contribution in [0.1, 0.15) is 27.0 Å². The molecule has 0 spiro atoms. The lowest BCUT2D eigenvalue weighted by molar-refractivity contribution is -0.115. The fourth-order valence-electron chi connectivity index (χ4n) is 4.01. The molecule has 204 valence electrons. The Morgan fingerprint density at radius 1 is 0.850 bits per heavy atom. The monoisotopic (exact) mass is 553 g/mol. The molecular formula is C32H31N3O4S. The summed E-state index contributed by atoms with van der Waals surface area (Å²) in [6, 6.07) is 27.5. The van der Waals surface area contributed by atoms with Crippen molar-refractivity contribution < 1.29 is 19.1 Å². The van der Waals surface area contributed by atoms with Gasteiger partial charge in [0.25, 0.3) is 11.8 Å². The standard InChI is InChI=1S/C32H31N3O4S/c1-38-29-17-14-24(19-30(29)39-2)26(18-21-10-15-25(40-3)16-11-21)32(37)34-20-22-8-12-23(13-9-22)31(36)35-28-7-5-4-6-27(28)33/h4-19H,20,33H2,1-3H3,(H,34,37)(H,35,36)/b26-18+. The van der Waals surface area contributed by atoms with Gasteiger partial charge in [-0.3, -0.25) is 9.59 Å². The van der Waals surface area contributed by atoms with Gasteiger partial charge in [0.1, 0.15) is 0 Å². The van der Waals surface area contributed by atoms with E-state index in [1.54, 1.807) is 68.4 Å². The first-order valence-corrected chi connectivity index (χ1v) is 13.8. The summed E-state index contributed by atoms with van der Waals surface area (Å²) >= 11 is 1.66. The van der Waals surface area contributed by atoms with E-state index in [0.29, 0.717) is 39.6 Å². The van der Waals surface area contributed by atoms with Crippen LogP contribution in [0.3, 0.4) is 0 Å². The van der Waals surface area contributed by atoms with Crippen LogP contribution in [0.15, 0.2) is 95.9 Å². The highest BCUT2D eigenvalue weighted by atomic mass is 32.2. The molecule has 0 saturated heterocycles. The molecule has 0 atom stereocenters. The van der Waals surface area contributed by atoms with E-state index in [4.69, 9.17) is 15.2 Å². The van der Waals surface area contributed by atoms with Crippen molar-refractivity contribution in [2.75, 3.05) is 31.5 Å². The molecule has 4 aromatic rings. The van der Waals surface area contributed by atoms with Crippen LogP contribution < -0.4 is 25.8 Å². The lowest BCUT2D eigenvalue weighted by atomic mass is 10.0. The topological polar surface area (TPSA) is 103 Å². The predicted octanol–water partition coefficient (Wildman–Crippen LogP) is 6.12. The van der Waals surface area contributed by atoms with Crippen LogP contribution in [0.5, 0.6) is 11.5 Å². The third-order valence-electron chi connectivity index (χ3n) is 6.24. The molecule has 4 aromatic carbocycles. The Labute approximate surface area is 238 Å². The number of nitrogens with one attached hydrogen (secondary N) is 2. The highest BCUT2D eigenvalue weighted by Gasteiger charge is 2.16. The van der Waals surface area contributed by atoms with Crippen LogP contribution in [-0.2, 0) is 11.3 Å². The normalized spacial score (nSPS) is 11.0. The van der Waals surface area contributed by atoms with Gasteiger partial charge in [-0.2, -0.15) is 0 Å². The maximum atomic E-state index is 13.5. The van der Waals surface area contributed by atoms with E-state index in [-0.39, 0.29) is 18.4 Å². The van der Waals surface area contributed by atoms with E-state index in [1.165, 1.54) is 0 Å². The van der Waals surface area contributed by atoms with Gasteiger partial charge in [0.15, 0.2) is 11.5 Å². The number of methoxy groups -OCH3 is 2. The minimum Gasteiger partial charge on any atom is -0.493 e. The minimum atomic E-state index is -0.264. The SMILES string of the molecule is COc1ccc(/C(=C\c2ccc(SC)cc2)C(=O)NCc2ccc(C(=O)Nc3ccccc3N)cc2)cc1OC. The van der Waals surface area contributed by atoms with Crippen molar-refractivity contribution in [1.82, 2.24) is 5.32 Å². The molecule has 0 unspecified atom stereocenters. The highest BCUT2D eigenvalue weighted by molar-refractivity contribution is 7.98. The summed E-state index contributed by atoms with van der Waals surface area (Å²) in [6.07, 6.45) is 3.87. The molecule has 0 aliphatic heterocycles. The Hall–Kier alpha value is -4.69. The maximum Gasteiger partial charge on any atom is 0.255 e. The van der Waals surface area contributed by atoms with Crippen LogP contribution in [0.4, 0.5) is 11.4 Å². The molecule has 4 rings (SSSR count). The van der Waals surface area contributed by atoms with Gasteiger partial charge in [0.2, 0.25) is 0 Å². The summed E-state index contributed by atoms with van der Waals surface area (Å²) in [5.41, 5.74) is 10.4. The summed E-state index contributed by atoms with van der Waals surface area (Å²) in [5, 5.41) is 5.82. The third-order valence-corrected chi connectivity index (χ3v) is 6.99. The minimum absolute atomic E-state index is 0.248. The quantitative estimate of drug-likeness (QED) is 0.0947. The van der Waals surface area contributed by atoms with Crippen molar-refractivity contribution in [3.05, 3.63) is 113 Å². The van der Waals surface area contributed by atoms with Crippen molar-refractivity contribution in [2.45, 2.75) is 11.4 Å². The molecule has 0 aromatic heterocycles. The van der Waals surface area contributed by atoms with Crippen molar-refractivity contribution in [3.63, 3.8) is 0 Å². The number of ether oxygens (including phenoxy) is 2. The number of carbonyl (C=O) groups is 2. The fraction of sp³-hybridized carbons (Fsp3) is 0.125. The largest absolute Gasteiger partial charge is 0.493 e. The number of anilines is 2. The molecular weight excluding hydrogens is 522 g/mol. The Bertz CT molecular complexity index is 1520. The number of rotatable bonds is 10. The third kappa shape index (κ3) is 7.03. The molecule has 0 aliphatic carbocycles. The first-order valence-electron chi connectivity index (χ1n) is 12.5. The molecule has 0 heterocycles. The molecule has 0 aliphatic rings. The van der Waals surface area contributed by atoms with Crippen LogP contribution in [0.2, 0.25) is 0 Å². The Kier molecular flexibility index (Phi) is 9.48. The van der Waals surface area contributed by atoms with E-state index in [9.17, 15) is 9.59 Å². The average molecular weight is 554 g/mol. The van der Waals surface area contributed by atoms with Gasteiger partial charge in [-0.1, -0.05) is 42.5 Å². The molecule has 0 saturated carbocycles. The van der Waals surface area contributed by atoms with Crippen LogP contribution in [0, 0.1) is 0 Å². The van der Waals surface area contributed by atoms with E-state index in [1.807, 2.05) is 60.9 Å². The average Bonchev–Trinajstić information content (AvgIpc) is 3.00. The zero-order valence-electron chi connectivity index (χ0n) is 22.6. The van der Waals surface area contributed by atoms with Crippen molar-refractivity contribution in [1.29, 1.82) is 0 Å². The van der Waals surface area contributed by atoms with Crippen LogP contribution in [0.25, 0.3) is 11.6 Å². The Balaban J connectivity index is 1.51. The first-order chi connectivity index (χ1) is 19.4. The molecule has 0 fully saturated rings. The zero-order chi connectivity index (χ0) is 28.5. The molecule has 8 heteroatoms. The number of amides is 2. The van der Waals surface area contributed by atoms with Crippen molar-refractivity contribution in [3.8, 4) is 11.5 Å². The van der Waals surface area contributed by atoms with Gasteiger partial charge in [-0.25, -0.2) is 0 Å². The van der Waals surface area contributed by atoms with Gasteiger partial charge in [-0.05, 0) is 77.6 Å². The summed E-state index contributed by atoms with van der Waals surface area (Å²) < 4.78 is 10.8. The summed E-state index contributed by atoms with van der Waals surface area (Å²) in [7, 11) is 3.13. The number of para-hydroxylation sites is 2. The number of nitrogens with two attached hydrogens (primary N) is 1. The van der Waals surface area contributed by atoms with E-state index < -0.39 is 0 Å². The Morgan fingerprint density at radius 3 is 2.17 bits per heavy atom. The Morgan fingerprint density at radius 2 is 1.52 bits per heavy atom. The number of thioether (sulfide) groups is 1. The molecule has 0 radical (unpaired) electrons. The number of hydrogen-bond donors (Lipinski definition) is 3. The predicted molar refractivity (Wildman–Crippen MR) is 163 cm³/mol. The second-order valence-corrected chi connectivity index (χ2v) is 9.70. The molecule has 0 bridgehead atoms. The first kappa shape index (κ1) is 28.3. The second-order valence-electron chi connectivity index (χ2n) is 8.82. The van der Waals surface area contributed by atoms with Crippen molar-refractivity contribution >= 4 is 46.6 Å². The van der Waals surface area contributed by atoms with Crippen LogP contribution in [-0.4, -0.2) is 32.3 Å². The van der Waals surface area contributed by atoms with Gasteiger partial charge >= 0.3 is 0 Å². The van der Waals surface area contributed by atoms with Gasteiger partial charge < -0.3 is 25.8 Å². The fourth-order valence-corrected chi connectivity index (χ4v) is 4.42. The number of carbonyl (C=O) groups excluding carboxylic acids is 2. The molecule has 2 amide bonds. The second kappa shape index (κ2) is 13.4. The highest BCUT2D eigenvalue weighted by Crippen LogP contribution is 2.31. The van der Waals surface area contributed by atoms with E-state index in [2.05, 4.69) is 10.6 Å². The van der Waals surface area contributed by atoms with Gasteiger partial charge in [0.05, 0.1) is 25.6 Å².